The van der Waals surface area contributed by atoms with Crippen molar-refractivity contribution in [2.24, 2.45) is 0 Å². The van der Waals surface area contributed by atoms with Crippen LogP contribution in [0.15, 0.2) is 48.5 Å². The number of hydrogen-bond donors (Lipinski definition) is 0. The second-order valence-electron chi connectivity index (χ2n) is 5.65. The van der Waals surface area contributed by atoms with E-state index in [1.54, 1.807) is 0 Å². The molecule has 8 N–H and O–H groups in total. The molecule has 0 aliphatic carbocycles. The summed E-state index contributed by atoms with van der Waals surface area (Å²) < 4.78 is 0. The van der Waals surface area contributed by atoms with Crippen LogP contribution in [0.1, 0.15) is 11.1 Å². The number of nitrogens with zero attached hydrogens (tertiary/aromatic N) is 2. The molecule has 6 heteroatoms. The van der Waals surface area contributed by atoms with E-state index in [0.717, 1.165) is 26.2 Å². The zero-order valence-electron chi connectivity index (χ0n) is 14.3. The van der Waals surface area contributed by atoms with Crippen LogP contribution in [-0.4, -0.2) is 48.1 Å². The van der Waals surface area contributed by atoms with E-state index >= 15 is 0 Å². The minimum Gasteiger partial charge on any atom is -0.412 e. The number of hydrogen-bond acceptors (Lipinski definition) is 2. The van der Waals surface area contributed by atoms with Crippen molar-refractivity contribution < 1.29 is 21.9 Å². The monoisotopic (exact) mass is 338 g/mol. The van der Waals surface area contributed by atoms with E-state index in [1.807, 2.05) is 0 Å². The maximum absolute atomic E-state index is 2.48. The van der Waals surface area contributed by atoms with Crippen molar-refractivity contribution in [3.8, 4) is 0 Å². The molecule has 0 amide bonds. The molecule has 1 fully saturated rings. The standard InChI is InChI=1S/C18H22N2.4H2O/c1-15-3-7-17(8-4-15)19-11-13-20(14-12-19)18-9-5-16(2)6-10-18;;;;/h3-10H,11-14H2,1-2H3;4*1H2. The third kappa shape index (κ3) is 5.50. The molecule has 0 bridgehead atoms. The quantitative estimate of drug-likeness (QED) is 0.780. The third-order valence-electron chi connectivity index (χ3n) is 4.08. The van der Waals surface area contributed by atoms with Crippen molar-refractivity contribution in [1.29, 1.82) is 0 Å². The largest absolute Gasteiger partial charge is 0.412 e. The molecular formula is C18H30N2O4. The van der Waals surface area contributed by atoms with Crippen molar-refractivity contribution in [1.82, 2.24) is 0 Å². The lowest BCUT2D eigenvalue weighted by molar-refractivity contribution is 0.653. The van der Waals surface area contributed by atoms with Gasteiger partial charge in [-0.1, -0.05) is 35.4 Å². The SMILES string of the molecule is Cc1ccc(N2CCN(c3ccc(C)cc3)CC2)cc1.O.O.O.O. The topological polar surface area (TPSA) is 132 Å². The van der Waals surface area contributed by atoms with Gasteiger partial charge in [-0.15, -0.1) is 0 Å². The highest BCUT2D eigenvalue weighted by molar-refractivity contribution is 5.52. The fourth-order valence-electron chi connectivity index (χ4n) is 2.73. The van der Waals surface area contributed by atoms with Gasteiger partial charge in [-0.25, -0.2) is 0 Å². The van der Waals surface area contributed by atoms with E-state index in [-0.39, 0.29) is 21.9 Å². The fourth-order valence-corrected chi connectivity index (χ4v) is 2.73. The minimum atomic E-state index is 0. The normalized spacial score (nSPS) is 12.9. The summed E-state index contributed by atoms with van der Waals surface area (Å²) in [6.07, 6.45) is 0. The lowest BCUT2D eigenvalue weighted by Crippen LogP contribution is -2.46. The van der Waals surface area contributed by atoms with Crippen LogP contribution in [0, 0.1) is 13.8 Å². The first kappa shape index (κ1) is 24.1. The number of aryl methyl sites for hydroxylation is 2. The van der Waals surface area contributed by atoms with Crippen LogP contribution in [0.4, 0.5) is 11.4 Å². The predicted molar refractivity (Wildman–Crippen MR) is 101 cm³/mol. The summed E-state index contributed by atoms with van der Waals surface area (Å²) in [7, 11) is 0. The summed E-state index contributed by atoms with van der Waals surface area (Å²) in [6, 6.07) is 17.7. The summed E-state index contributed by atoms with van der Waals surface area (Å²) in [5.74, 6) is 0. The highest BCUT2D eigenvalue weighted by Gasteiger charge is 2.17. The number of anilines is 2. The molecule has 6 nitrogen and oxygen atoms in total. The molecule has 1 aliphatic rings. The highest BCUT2D eigenvalue weighted by atomic mass is 16.0. The number of rotatable bonds is 2. The molecule has 1 aliphatic heterocycles. The van der Waals surface area contributed by atoms with E-state index in [1.165, 1.54) is 22.5 Å². The average Bonchev–Trinajstić information content (AvgIpc) is 2.49. The maximum Gasteiger partial charge on any atom is 0.0367 e. The van der Waals surface area contributed by atoms with Gasteiger partial charge in [0.25, 0.3) is 0 Å². The lowest BCUT2D eigenvalue weighted by Gasteiger charge is -2.37. The van der Waals surface area contributed by atoms with Crippen LogP contribution in [-0.2, 0) is 0 Å². The maximum atomic E-state index is 2.48. The summed E-state index contributed by atoms with van der Waals surface area (Å²) in [5.41, 5.74) is 5.34. The second-order valence-corrected chi connectivity index (χ2v) is 5.65. The Kier molecular flexibility index (Phi) is 10.7. The van der Waals surface area contributed by atoms with Gasteiger partial charge in [-0.3, -0.25) is 0 Å². The van der Waals surface area contributed by atoms with E-state index in [2.05, 4.69) is 72.2 Å². The first-order valence-electron chi connectivity index (χ1n) is 7.35. The Labute approximate surface area is 143 Å². The first-order valence-corrected chi connectivity index (χ1v) is 7.35. The molecule has 0 radical (unpaired) electrons. The Balaban J connectivity index is 0. The van der Waals surface area contributed by atoms with Gasteiger partial charge >= 0.3 is 0 Å². The van der Waals surface area contributed by atoms with Crippen molar-refractivity contribution in [3.63, 3.8) is 0 Å². The van der Waals surface area contributed by atoms with Gasteiger partial charge in [-0.2, -0.15) is 0 Å². The molecule has 0 saturated carbocycles. The molecule has 2 aromatic rings. The molecule has 1 heterocycles. The molecule has 136 valence electrons. The Morgan fingerprint density at radius 1 is 0.500 bits per heavy atom. The van der Waals surface area contributed by atoms with E-state index < -0.39 is 0 Å². The highest BCUT2D eigenvalue weighted by Crippen LogP contribution is 2.21. The van der Waals surface area contributed by atoms with E-state index in [9.17, 15) is 0 Å². The minimum absolute atomic E-state index is 0. The number of benzene rings is 2. The number of piperazine rings is 1. The van der Waals surface area contributed by atoms with Gasteiger partial charge in [0.2, 0.25) is 0 Å². The van der Waals surface area contributed by atoms with Crippen LogP contribution >= 0.6 is 0 Å². The summed E-state index contributed by atoms with van der Waals surface area (Å²) in [6.45, 7) is 8.65. The van der Waals surface area contributed by atoms with Gasteiger partial charge in [0.15, 0.2) is 0 Å². The lowest BCUT2D eigenvalue weighted by atomic mass is 10.1. The predicted octanol–water partition coefficient (Wildman–Crippen LogP) is 0.331. The van der Waals surface area contributed by atoms with E-state index in [0.29, 0.717) is 0 Å². The Morgan fingerprint density at radius 2 is 0.750 bits per heavy atom. The Bertz CT molecular complexity index is 511. The van der Waals surface area contributed by atoms with Crippen molar-refractivity contribution in [2.45, 2.75) is 13.8 Å². The Morgan fingerprint density at radius 3 is 1.00 bits per heavy atom. The fraction of sp³-hybridized carbons (Fsp3) is 0.333. The first-order chi connectivity index (χ1) is 9.72. The second kappa shape index (κ2) is 10.6. The van der Waals surface area contributed by atoms with Gasteiger partial charge in [0.05, 0.1) is 0 Å². The Hall–Kier alpha value is -2.12. The molecule has 0 aromatic heterocycles. The van der Waals surface area contributed by atoms with Crippen LogP contribution in [0.3, 0.4) is 0 Å². The molecule has 1 saturated heterocycles. The molecule has 3 rings (SSSR count). The average molecular weight is 338 g/mol. The molecular weight excluding hydrogens is 308 g/mol. The molecule has 0 spiro atoms. The summed E-state index contributed by atoms with van der Waals surface area (Å²) in [4.78, 5) is 4.95. The van der Waals surface area contributed by atoms with Crippen molar-refractivity contribution in [2.75, 3.05) is 36.0 Å². The third-order valence-corrected chi connectivity index (χ3v) is 4.08. The summed E-state index contributed by atoms with van der Waals surface area (Å²) in [5, 5.41) is 0. The van der Waals surface area contributed by atoms with Crippen LogP contribution in [0.2, 0.25) is 0 Å². The molecule has 0 atom stereocenters. The van der Waals surface area contributed by atoms with Gasteiger partial charge < -0.3 is 31.7 Å². The smallest absolute Gasteiger partial charge is 0.0367 e. The van der Waals surface area contributed by atoms with Crippen molar-refractivity contribution in [3.05, 3.63) is 59.7 Å². The van der Waals surface area contributed by atoms with Crippen LogP contribution in [0.25, 0.3) is 0 Å². The molecule has 0 unspecified atom stereocenters. The van der Waals surface area contributed by atoms with E-state index in [4.69, 9.17) is 0 Å². The van der Waals surface area contributed by atoms with Crippen molar-refractivity contribution >= 4 is 11.4 Å². The zero-order chi connectivity index (χ0) is 13.9. The van der Waals surface area contributed by atoms with Gasteiger partial charge in [0, 0.05) is 37.6 Å². The molecule has 2 aromatic carbocycles. The van der Waals surface area contributed by atoms with Gasteiger partial charge in [0.1, 0.15) is 0 Å². The van der Waals surface area contributed by atoms with Crippen LogP contribution < -0.4 is 9.80 Å². The van der Waals surface area contributed by atoms with Crippen LogP contribution in [0.5, 0.6) is 0 Å². The molecule has 24 heavy (non-hydrogen) atoms. The van der Waals surface area contributed by atoms with Gasteiger partial charge in [-0.05, 0) is 38.1 Å². The summed E-state index contributed by atoms with van der Waals surface area (Å²) >= 11 is 0. The zero-order valence-corrected chi connectivity index (χ0v) is 14.3.